The highest BCUT2D eigenvalue weighted by atomic mass is 32.2. The zero-order chi connectivity index (χ0) is 27.5. The summed E-state index contributed by atoms with van der Waals surface area (Å²) in [5.74, 6) is -0.537. The van der Waals surface area contributed by atoms with Crippen molar-refractivity contribution in [2.24, 2.45) is 0 Å². The van der Waals surface area contributed by atoms with E-state index in [4.69, 9.17) is 0 Å². The van der Waals surface area contributed by atoms with Gasteiger partial charge in [-0.1, -0.05) is 30.3 Å². The number of carbonyl (C=O) groups is 1. The standard InChI is InChI=1S/C28H27N3O5S2/c1-19-10-12-25(17-21(19)3)31-37(33,34)26-15-13-23(14-16-26)29-28(32)22-11-9-20(2)27(18-22)38(35,36)30-24-7-5-4-6-8-24/h4-18,30-31H,1-3H3,(H,29,32). The second kappa shape index (κ2) is 10.7. The molecule has 0 saturated heterocycles. The highest BCUT2D eigenvalue weighted by molar-refractivity contribution is 7.93. The van der Waals surface area contributed by atoms with Crippen LogP contribution < -0.4 is 14.8 Å². The number of benzene rings is 4. The molecule has 4 rings (SSSR count). The van der Waals surface area contributed by atoms with Crippen LogP contribution in [0.15, 0.2) is 101 Å². The maximum Gasteiger partial charge on any atom is 0.262 e. The van der Waals surface area contributed by atoms with Crippen molar-refractivity contribution in [3.05, 3.63) is 113 Å². The van der Waals surface area contributed by atoms with Crippen molar-refractivity contribution in [2.45, 2.75) is 30.6 Å². The molecule has 0 saturated carbocycles. The van der Waals surface area contributed by atoms with Gasteiger partial charge in [0.1, 0.15) is 0 Å². The highest BCUT2D eigenvalue weighted by Crippen LogP contribution is 2.23. The third-order valence-electron chi connectivity index (χ3n) is 5.95. The largest absolute Gasteiger partial charge is 0.322 e. The first kappa shape index (κ1) is 26.9. The van der Waals surface area contributed by atoms with Gasteiger partial charge < -0.3 is 5.32 Å². The van der Waals surface area contributed by atoms with E-state index in [1.165, 1.54) is 36.4 Å². The van der Waals surface area contributed by atoms with Crippen molar-refractivity contribution >= 4 is 43.0 Å². The fourth-order valence-corrected chi connectivity index (χ4v) is 6.07. The molecule has 0 spiro atoms. The Hall–Kier alpha value is -4.15. The van der Waals surface area contributed by atoms with E-state index < -0.39 is 26.0 Å². The van der Waals surface area contributed by atoms with Crippen LogP contribution in [0.25, 0.3) is 0 Å². The first-order chi connectivity index (χ1) is 17.9. The third kappa shape index (κ3) is 6.21. The SMILES string of the molecule is Cc1ccc(NS(=O)(=O)c2ccc(NC(=O)c3ccc(C)c(S(=O)(=O)Nc4ccccc4)c3)cc2)cc1C. The number of hydrogen-bond acceptors (Lipinski definition) is 5. The van der Waals surface area contributed by atoms with E-state index >= 15 is 0 Å². The summed E-state index contributed by atoms with van der Waals surface area (Å²) in [4.78, 5) is 12.9. The zero-order valence-electron chi connectivity index (χ0n) is 21.0. The van der Waals surface area contributed by atoms with Crippen LogP contribution >= 0.6 is 0 Å². The molecule has 0 aromatic heterocycles. The van der Waals surface area contributed by atoms with Crippen LogP contribution in [-0.2, 0) is 20.0 Å². The molecule has 8 nitrogen and oxygen atoms in total. The molecule has 3 N–H and O–H groups in total. The van der Waals surface area contributed by atoms with Gasteiger partial charge in [0.05, 0.1) is 9.79 Å². The Morgan fingerprint density at radius 3 is 1.84 bits per heavy atom. The second-order valence-corrected chi connectivity index (χ2v) is 12.2. The minimum atomic E-state index is -3.93. The van der Waals surface area contributed by atoms with E-state index in [0.717, 1.165) is 11.1 Å². The van der Waals surface area contributed by atoms with Crippen LogP contribution in [0.1, 0.15) is 27.0 Å². The Kier molecular flexibility index (Phi) is 7.56. The lowest BCUT2D eigenvalue weighted by molar-refractivity contribution is 0.102. The summed E-state index contributed by atoms with van der Waals surface area (Å²) in [6, 6.07) is 23.8. The maximum atomic E-state index is 12.9. The average Bonchev–Trinajstić information content (AvgIpc) is 2.87. The normalized spacial score (nSPS) is 11.6. The Bertz CT molecular complexity index is 1700. The lowest BCUT2D eigenvalue weighted by atomic mass is 10.1. The molecule has 0 aliphatic heterocycles. The van der Waals surface area contributed by atoms with Gasteiger partial charge >= 0.3 is 0 Å². The predicted octanol–water partition coefficient (Wildman–Crippen LogP) is 5.47. The summed E-state index contributed by atoms with van der Waals surface area (Å²) in [6.45, 7) is 5.49. The minimum absolute atomic E-state index is 0.0205. The Labute approximate surface area is 222 Å². The van der Waals surface area contributed by atoms with Crippen LogP contribution in [0.2, 0.25) is 0 Å². The predicted molar refractivity (Wildman–Crippen MR) is 150 cm³/mol. The highest BCUT2D eigenvalue weighted by Gasteiger charge is 2.20. The Morgan fingerprint density at radius 1 is 0.579 bits per heavy atom. The summed E-state index contributed by atoms with van der Waals surface area (Å²) in [5.41, 5.74) is 3.85. The number of para-hydroxylation sites is 1. The summed E-state index contributed by atoms with van der Waals surface area (Å²) < 4.78 is 56.5. The van der Waals surface area contributed by atoms with Crippen molar-refractivity contribution in [1.29, 1.82) is 0 Å². The molecule has 196 valence electrons. The lowest BCUT2D eigenvalue weighted by Crippen LogP contribution is -2.17. The molecular weight excluding hydrogens is 522 g/mol. The van der Waals surface area contributed by atoms with Gasteiger partial charge in [-0.2, -0.15) is 0 Å². The monoisotopic (exact) mass is 549 g/mol. The smallest absolute Gasteiger partial charge is 0.262 e. The van der Waals surface area contributed by atoms with Crippen molar-refractivity contribution in [3.8, 4) is 0 Å². The molecular formula is C28H27N3O5S2. The van der Waals surface area contributed by atoms with Gasteiger partial charge in [-0.05, 0) is 98.1 Å². The summed E-state index contributed by atoms with van der Waals surface area (Å²) in [6.07, 6.45) is 0. The van der Waals surface area contributed by atoms with Gasteiger partial charge in [-0.15, -0.1) is 0 Å². The van der Waals surface area contributed by atoms with E-state index in [-0.39, 0.29) is 15.4 Å². The number of carbonyl (C=O) groups excluding carboxylic acids is 1. The molecule has 4 aromatic carbocycles. The topological polar surface area (TPSA) is 121 Å². The fourth-order valence-electron chi connectivity index (χ4n) is 3.69. The summed E-state index contributed by atoms with van der Waals surface area (Å²) >= 11 is 0. The van der Waals surface area contributed by atoms with Crippen LogP contribution in [0.5, 0.6) is 0 Å². The number of amides is 1. The van der Waals surface area contributed by atoms with E-state index in [1.807, 2.05) is 19.9 Å². The molecule has 38 heavy (non-hydrogen) atoms. The number of hydrogen-bond donors (Lipinski definition) is 3. The molecule has 0 heterocycles. The Balaban J connectivity index is 1.49. The molecule has 0 aliphatic rings. The first-order valence-corrected chi connectivity index (χ1v) is 14.6. The molecule has 0 fully saturated rings. The van der Waals surface area contributed by atoms with Gasteiger partial charge in [-0.3, -0.25) is 14.2 Å². The number of rotatable bonds is 8. The van der Waals surface area contributed by atoms with Crippen LogP contribution in [0.4, 0.5) is 17.1 Å². The van der Waals surface area contributed by atoms with Crippen molar-refractivity contribution in [1.82, 2.24) is 0 Å². The number of nitrogens with one attached hydrogen (secondary N) is 3. The molecule has 0 atom stereocenters. The number of aryl methyl sites for hydroxylation is 3. The molecule has 0 aliphatic carbocycles. The van der Waals surface area contributed by atoms with Crippen molar-refractivity contribution in [2.75, 3.05) is 14.8 Å². The molecule has 0 unspecified atom stereocenters. The van der Waals surface area contributed by atoms with Gasteiger partial charge in [0, 0.05) is 22.6 Å². The average molecular weight is 550 g/mol. The van der Waals surface area contributed by atoms with Gasteiger partial charge in [-0.25, -0.2) is 16.8 Å². The molecule has 4 aromatic rings. The maximum absolute atomic E-state index is 12.9. The zero-order valence-corrected chi connectivity index (χ0v) is 22.7. The molecule has 10 heteroatoms. The number of anilines is 3. The van der Waals surface area contributed by atoms with Gasteiger partial charge in [0.15, 0.2) is 0 Å². The molecule has 0 radical (unpaired) electrons. The summed E-state index contributed by atoms with van der Waals surface area (Å²) in [7, 11) is -7.76. The van der Waals surface area contributed by atoms with E-state index in [2.05, 4.69) is 14.8 Å². The van der Waals surface area contributed by atoms with Crippen molar-refractivity contribution < 1.29 is 21.6 Å². The van der Waals surface area contributed by atoms with E-state index in [9.17, 15) is 21.6 Å². The first-order valence-electron chi connectivity index (χ1n) is 11.6. The van der Waals surface area contributed by atoms with Crippen molar-refractivity contribution in [3.63, 3.8) is 0 Å². The second-order valence-electron chi connectivity index (χ2n) is 8.83. The van der Waals surface area contributed by atoms with Gasteiger partial charge in [0.2, 0.25) is 0 Å². The summed E-state index contributed by atoms with van der Waals surface area (Å²) in [5, 5.41) is 2.68. The van der Waals surface area contributed by atoms with Crippen LogP contribution in [-0.4, -0.2) is 22.7 Å². The van der Waals surface area contributed by atoms with Crippen LogP contribution in [0.3, 0.4) is 0 Å². The quantitative estimate of drug-likeness (QED) is 0.269. The Morgan fingerprint density at radius 2 is 1.18 bits per heavy atom. The van der Waals surface area contributed by atoms with Gasteiger partial charge in [0.25, 0.3) is 26.0 Å². The lowest BCUT2D eigenvalue weighted by Gasteiger charge is -2.13. The number of sulfonamides is 2. The van der Waals surface area contributed by atoms with E-state index in [0.29, 0.717) is 22.6 Å². The van der Waals surface area contributed by atoms with Crippen LogP contribution in [0, 0.1) is 20.8 Å². The minimum Gasteiger partial charge on any atom is -0.322 e. The molecule has 1 amide bonds. The third-order valence-corrected chi connectivity index (χ3v) is 8.87. The van der Waals surface area contributed by atoms with E-state index in [1.54, 1.807) is 55.5 Å². The fraction of sp³-hybridized carbons (Fsp3) is 0.107. The molecule has 0 bridgehead atoms.